The van der Waals surface area contributed by atoms with E-state index in [4.69, 9.17) is 5.11 Å². The summed E-state index contributed by atoms with van der Waals surface area (Å²) in [6.07, 6.45) is -5.24. The van der Waals surface area contributed by atoms with Crippen molar-refractivity contribution in [1.82, 2.24) is 15.2 Å². The number of anilines is 2. The number of aromatic nitrogens is 3. The van der Waals surface area contributed by atoms with Crippen molar-refractivity contribution >= 4 is 34.0 Å². The van der Waals surface area contributed by atoms with E-state index in [1.165, 1.54) is 17.4 Å². The van der Waals surface area contributed by atoms with Crippen molar-refractivity contribution in [2.75, 3.05) is 5.32 Å². The predicted molar refractivity (Wildman–Crippen MR) is 116 cm³/mol. The van der Waals surface area contributed by atoms with Gasteiger partial charge in [0.1, 0.15) is 0 Å². The molecule has 11 heteroatoms. The van der Waals surface area contributed by atoms with Gasteiger partial charge in [-0.25, -0.2) is 4.98 Å². The maximum atomic E-state index is 13.2. The molecule has 1 atom stereocenters. The largest absolute Gasteiger partial charge is 0.481 e. The summed E-state index contributed by atoms with van der Waals surface area (Å²) in [7, 11) is 0. The third-order valence-corrected chi connectivity index (χ3v) is 6.38. The second-order valence-electron chi connectivity index (χ2n) is 8.05. The summed E-state index contributed by atoms with van der Waals surface area (Å²) in [5.74, 6) is -1.70. The number of carbonyl (C=O) groups excluding carboxylic acids is 1. The summed E-state index contributed by atoms with van der Waals surface area (Å²) in [5, 5.41) is 21.2. The first-order chi connectivity index (χ1) is 15.5. The minimum absolute atomic E-state index is 0.126. The number of Topliss-reactive ketones (excluding diaryl/α,β-unsaturated/α-hetero) is 1. The third kappa shape index (κ3) is 5.03. The second-order valence-corrected chi connectivity index (χ2v) is 9.28. The molecule has 3 aromatic rings. The molecule has 0 radical (unpaired) electrons. The van der Waals surface area contributed by atoms with Crippen LogP contribution < -0.4 is 5.32 Å². The van der Waals surface area contributed by atoms with E-state index in [9.17, 15) is 22.8 Å². The number of hydrogen-bond acceptors (Lipinski definition) is 7. The van der Waals surface area contributed by atoms with Gasteiger partial charge in [0.25, 0.3) is 0 Å². The molecule has 2 aromatic heterocycles. The van der Waals surface area contributed by atoms with Crippen molar-refractivity contribution in [2.45, 2.75) is 38.8 Å². The van der Waals surface area contributed by atoms with Crippen molar-refractivity contribution in [3.63, 3.8) is 0 Å². The zero-order valence-electron chi connectivity index (χ0n) is 17.4. The molecule has 0 bridgehead atoms. The van der Waals surface area contributed by atoms with E-state index in [2.05, 4.69) is 20.5 Å². The fourth-order valence-corrected chi connectivity index (χ4v) is 4.77. The fraction of sp³-hybridized carbons (Fsp3) is 0.318. The van der Waals surface area contributed by atoms with Gasteiger partial charge in [0.05, 0.1) is 24.0 Å². The lowest BCUT2D eigenvalue weighted by Gasteiger charge is -2.36. The molecule has 2 heterocycles. The van der Waals surface area contributed by atoms with Crippen molar-refractivity contribution < 1.29 is 27.9 Å². The molecule has 7 nitrogen and oxygen atoms in total. The van der Waals surface area contributed by atoms with E-state index < -0.39 is 36.2 Å². The molecule has 4 rings (SSSR count). The molecule has 0 saturated carbocycles. The molecule has 0 saturated heterocycles. The van der Waals surface area contributed by atoms with Gasteiger partial charge in [0.2, 0.25) is 0 Å². The lowest BCUT2D eigenvalue weighted by molar-refractivity contribution is -0.160. The van der Waals surface area contributed by atoms with Crippen LogP contribution in [0.5, 0.6) is 0 Å². The van der Waals surface area contributed by atoms with Crippen molar-refractivity contribution in [1.29, 1.82) is 0 Å². The van der Waals surface area contributed by atoms with Crippen molar-refractivity contribution in [3.8, 4) is 11.3 Å². The number of halogens is 3. The number of ketones is 1. The van der Waals surface area contributed by atoms with Gasteiger partial charge in [-0.1, -0.05) is 12.1 Å². The van der Waals surface area contributed by atoms with Gasteiger partial charge >= 0.3 is 12.1 Å². The second kappa shape index (κ2) is 8.54. The number of carboxylic acid groups (broad SMARTS) is 1. The Labute approximate surface area is 190 Å². The number of rotatable bonds is 6. The number of thiazole rings is 1. The molecule has 1 unspecified atom stereocenters. The minimum Gasteiger partial charge on any atom is -0.481 e. The lowest BCUT2D eigenvalue weighted by Crippen LogP contribution is -2.41. The molecule has 0 aliphatic heterocycles. The fourth-order valence-electron chi connectivity index (χ4n) is 4.10. The molecule has 0 fully saturated rings. The molecule has 33 heavy (non-hydrogen) atoms. The SMILES string of the molecule is Cc1cnc(Nc2ccc(-c3ccc4c(c3)CCC(CC(=O)O)(CC(F)(F)F)C4=O)nn2)s1. The highest BCUT2D eigenvalue weighted by Gasteiger charge is 2.50. The van der Waals surface area contributed by atoms with Crippen LogP contribution in [0.2, 0.25) is 0 Å². The Morgan fingerprint density at radius 3 is 2.64 bits per heavy atom. The molecule has 1 aromatic carbocycles. The van der Waals surface area contributed by atoms with E-state index in [0.717, 1.165) is 4.88 Å². The number of aliphatic carboxylic acids is 1. The predicted octanol–water partition coefficient (Wildman–Crippen LogP) is 5.19. The quantitative estimate of drug-likeness (QED) is 0.504. The maximum absolute atomic E-state index is 13.2. The van der Waals surface area contributed by atoms with Crippen LogP contribution in [0.3, 0.4) is 0 Å². The molecule has 0 amide bonds. The van der Waals surface area contributed by atoms with Gasteiger partial charge in [-0.15, -0.1) is 21.5 Å². The summed E-state index contributed by atoms with van der Waals surface area (Å²) in [5.41, 5.74) is -0.0974. The summed E-state index contributed by atoms with van der Waals surface area (Å²) < 4.78 is 39.5. The molecule has 172 valence electrons. The minimum atomic E-state index is -4.65. The van der Waals surface area contributed by atoms with E-state index >= 15 is 0 Å². The first kappa shape index (κ1) is 22.8. The van der Waals surface area contributed by atoms with E-state index in [0.29, 0.717) is 27.8 Å². The average molecular weight is 476 g/mol. The van der Waals surface area contributed by atoms with Crippen molar-refractivity contribution in [3.05, 3.63) is 52.5 Å². The number of aryl methyl sites for hydroxylation is 2. The Morgan fingerprint density at radius 1 is 1.24 bits per heavy atom. The van der Waals surface area contributed by atoms with Gasteiger partial charge in [-0.2, -0.15) is 13.2 Å². The van der Waals surface area contributed by atoms with Crippen LogP contribution in [0.25, 0.3) is 11.3 Å². The van der Waals surface area contributed by atoms with Crippen LogP contribution in [-0.4, -0.2) is 38.2 Å². The number of alkyl halides is 3. The standard InChI is InChI=1S/C22H19F3N4O3S/c1-12-10-26-20(33-12)27-17-5-4-16(28-29-17)14-2-3-15-13(8-14)6-7-21(19(15)32,9-18(30)31)11-22(23,24)25/h2-5,8,10H,6-7,9,11H2,1H3,(H,30,31)(H,26,27,29). The number of nitrogens with zero attached hydrogens (tertiary/aromatic N) is 3. The van der Waals surface area contributed by atoms with E-state index in [-0.39, 0.29) is 18.4 Å². The Kier molecular flexibility index (Phi) is 5.91. The molecular formula is C22H19F3N4O3S. The molecule has 2 N–H and O–H groups in total. The zero-order chi connectivity index (χ0) is 23.8. The Morgan fingerprint density at radius 2 is 2.03 bits per heavy atom. The number of carboxylic acids is 1. The monoisotopic (exact) mass is 476 g/mol. The van der Waals surface area contributed by atoms with Gasteiger partial charge in [-0.05, 0) is 43.5 Å². The molecule has 0 spiro atoms. The lowest BCUT2D eigenvalue weighted by atomic mass is 9.66. The van der Waals surface area contributed by atoms with Gasteiger partial charge in [0, 0.05) is 22.2 Å². The highest BCUT2D eigenvalue weighted by Crippen LogP contribution is 2.46. The van der Waals surface area contributed by atoms with Crippen LogP contribution in [-0.2, 0) is 11.2 Å². The number of benzene rings is 1. The van der Waals surface area contributed by atoms with Crippen LogP contribution in [0.4, 0.5) is 24.1 Å². The van der Waals surface area contributed by atoms with E-state index in [1.807, 2.05) is 6.92 Å². The summed E-state index contributed by atoms with van der Waals surface area (Å²) in [4.78, 5) is 29.5. The zero-order valence-corrected chi connectivity index (χ0v) is 18.3. The Hall–Kier alpha value is -3.34. The van der Waals surface area contributed by atoms with Crippen LogP contribution >= 0.6 is 11.3 Å². The Balaban J connectivity index is 1.58. The van der Waals surface area contributed by atoms with Gasteiger partial charge < -0.3 is 10.4 Å². The van der Waals surface area contributed by atoms with Gasteiger partial charge in [0.15, 0.2) is 16.7 Å². The van der Waals surface area contributed by atoms with Crippen molar-refractivity contribution in [2.24, 2.45) is 5.41 Å². The molecule has 1 aliphatic rings. The maximum Gasteiger partial charge on any atom is 0.390 e. The van der Waals surface area contributed by atoms with E-state index in [1.54, 1.807) is 30.5 Å². The van der Waals surface area contributed by atoms with Crippen LogP contribution in [0.15, 0.2) is 36.5 Å². The van der Waals surface area contributed by atoms with Gasteiger partial charge in [-0.3, -0.25) is 9.59 Å². The average Bonchev–Trinajstić information content (AvgIpc) is 3.14. The summed E-state index contributed by atoms with van der Waals surface area (Å²) in [6, 6.07) is 8.20. The van der Waals surface area contributed by atoms with Crippen LogP contribution in [0.1, 0.15) is 40.1 Å². The van der Waals surface area contributed by atoms with Crippen LogP contribution in [0, 0.1) is 12.3 Å². The summed E-state index contributed by atoms with van der Waals surface area (Å²) in [6.45, 7) is 1.94. The smallest absolute Gasteiger partial charge is 0.390 e. The molecular weight excluding hydrogens is 457 g/mol. The number of carbonyl (C=O) groups is 2. The molecule has 1 aliphatic carbocycles. The first-order valence-corrected chi connectivity index (χ1v) is 10.9. The highest BCUT2D eigenvalue weighted by molar-refractivity contribution is 7.15. The Bertz CT molecular complexity index is 1210. The summed E-state index contributed by atoms with van der Waals surface area (Å²) >= 11 is 1.48. The third-order valence-electron chi connectivity index (χ3n) is 5.55. The topological polar surface area (TPSA) is 105 Å². The number of nitrogens with one attached hydrogen (secondary N) is 1. The highest BCUT2D eigenvalue weighted by atomic mass is 32.1. The number of hydrogen-bond donors (Lipinski definition) is 2. The number of fused-ring (bicyclic) bond motifs is 1. The normalized spacial score (nSPS) is 18.1. The first-order valence-electron chi connectivity index (χ1n) is 10.0.